The Morgan fingerprint density at radius 2 is 2.06 bits per heavy atom. The van der Waals surface area contributed by atoms with Crippen molar-refractivity contribution in [3.63, 3.8) is 0 Å². The Labute approximate surface area is 117 Å². The Morgan fingerprint density at radius 3 is 2.72 bits per heavy atom. The molecule has 2 N–H and O–H groups in total. The van der Waals surface area contributed by atoms with Gasteiger partial charge in [0.15, 0.2) is 0 Å². The minimum Gasteiger partial charge on any atom is -0.398 e. The molecule has 0 aromatic heterocycles. The van der Waals surface area contributed by atoms with E-state index in [2.05, 4.69) is 15.9 Å². The first-order chi connectivity index (χ1) is 8.58. The van der Waals surface area contributed by atoms with E-state index >= 15 is 0 Å². The second kappa shape index (κ2) is 5.84. The quantitative estimate of drug-likeness (QED) is 0.859. The van der Waals surface area contributed by atoms with Crippen LogP contribution in [0.3, 0.4) is 0 Å². The number of benzene rings is 1. The van der Waals surface area contributed by atoms with E-state index in [0.717, 1.165) is 30.4 Å². The molecule has 18 heavy (non-hydrogen) atoms. The van der Waals surface area contributed by atoms with Crippen LogP contribution >= 0.6 is 15.9 Å². The SMILES string of the molecule is Nc1ccc(Br)cc1S(=O)CC(=O)N1CCCC1. The fourth-order valence-electron chi connectivity index (χ4n) is 1.95. The predicted molar refractivity (Wildman–Crippen MR) is 75.6 cm³/mol. The minimum atomic E-state index is -1.38. The lowest BCUT2D eigenvalue weighted by molar-refractivity contribution is -0.127. The third kappa shape index (κ3) is 3.11. The molecule has 6 heteroatoms. The zero-order valence-corrected chi connectivity index (χ0v) is 12.3. The molecule has 1 atom stereocenters. The number of carbonyl (C=O) groups excluding carboxylic acids is 1. The van der Waals surface area contributed by atoms with Crippen molar-refractivity contribution in [2.75, 3.05) is 24.6 Å². The Kier molecular flexibility index (Phi) is 4.40. The van der Waals surface area contributed by atoms with Crippen LogP contribution in [0.25, 0.3) is 0 Å². The second-order valence-corrected chi connectivity index (χ2v) is 6.60. The van der Waals surface area contributed by atoms with Crippen LogP contribution in [-0.2, 0) is 15.6 Å². The summed E-state index contributed by atoms with van der Waals surface area (Å²) in [5.74, 6) is -0.0362. The van der Waals surface area contributed by atoms with Gasteiger partial charge in [-0.25, -0.2) is 0 Å². The number of halogens is 1. The highest BCUT2D eigenvalue weighted by Gasteiger charge is 2.21. The van der Waals surface area contributed by atoms with Gasteiger partial charge in [0, 0.05) is 23.2 Å². The first kappa shape index (κ1) is 13.5. The molecule has 1 aliphatic heterocycles. The summed E-state index contributed by atoms with van der Waals surface area (Å²) in [7, 11) is -1.38. The van der Waals surface area contributed by atoms with E-state index in [9.17, 15) is 9.00 Å². The summed E-state index contributed by atoms with van der Waals surface area (Å²) < 4.78 is 13.0. The van der Waals surface area contributed by atoms with Crippen LogP contribution in [-0.4, -0.2) is 33.9 Å². The number of amides is 1. The van der Waals surface area contributed by atoms with E-state index in [1.165, 1.54) is 0 Å². The monoisotopic (exact) mass is 330 g/mol. The van der Waals surface area contributed by atoms with E-state index in [-0.39, 0.29) is 11.7 Å². The molecule has 0 aliphatic carbocycles. The largest absolute Gasteiger partial charge is 0.398 e. The number of hydrogen-bond donors (Lipinski definition) is 1. The van der Waals surface area contributed by atoms with Gasteiger partial charge in [0.2, 0.25) is 5.91 Å². The maximum Gasteiger partial charge on any atom is 0.235 e. The summed E-state index contributed by atoms with van der Waals surface area (Å²) in [5, 5.41) is 0. The summed E-state index contributed by atoms with van der Waals surface area (Å²) >= 11 is 3.31. The summed E-state index contributed by atoms with van der Waals surface area (Å²) in [6, 6.07) is 5.19. The summed E-state index contributed by atoms with van der Waals surface area (Å²) in [6.07, 6.45) is 2.08. The smallest absolute Gasteiger partial charge is 0.235 e. The fraction of sp³-hybridized carbons (Fsp3) is 0.417. The standard InChI is InChI=1S/C12H15BrN2O2S/c13-9-3-4-10(14)11(7-9)18(17)8-12(16)15-5-1-2-6-15/h3-4,7H,1-2,5-6,8,14H2. The fourth-order valence-corrected chi connectivity index (χ4v) is 3.62. The van der Waals surface area contributed by atoms with Crippen molar-refractivity contribution < 1.29 is 9.00 Å². The summed E-state index contributed by atoms with van der Waals surface area (Å²) in [4.78, 5) is 14.2. The molecule has 0 bridgehead atoms. The van der Waals surface area contributed by atoms with Gasteiger partial charge in [-0.1, -0.05) is 15.9 Å². The lowest BCUT2D eigenvalue weighted by atomic mass is 10.3. The lowest BCUT2D eigenvalue weighted by Crippen LogP contribution is -2.31. The molecule has 1 amide bonds. The highest BCUT2D eigenvalue weighted by molar-refractivity contribution is 9.10. The molecule has 4 nitrogen and oxygen atoms in total. The number of nitrogen functional groups attached to an aromatic ring is 1. The zero-order chi connectivity index (χ0) is 13.1. The van der Waals surface area contributed by atoms with Crippen molar-refractivity contribution in [3.8, 4) is 0 Å². The summed E-state index contributed by atoms with van der Waals surface area (Å²) in [5.41, 5.74) is 6.24. The second-order valence-electron chi connectivity index (χ2n) is 4.26. The van der Waals surface area contributed by atoms with Crippen LogP contribution in [0.15, 0.2) is 27.6 Å². The van der Waals surface area contributed by atoms with Gasteiger partial charge >= 0.3 is 0 Å². The number of carbonyl (C=O) groups is 1. The number of nitrogens with two attached hydrogens (primary N) is 1. The van der Waals surface area contributed by atoms with Gasteiger partial charge in [0.1, 0.15) is 5.75 Å². The van der Waals surface area contributed by atoms with E-state index in [4.69, 9.17) is 5.73 Å². The van der Waals surface area contributed by atoms with Crippen LogP contribution in [0.1, 0.15) is 12.8 Å². The maximum absolute atomic E-state index is 12.1. The number of rotatable bonds is 3. The topological polar surface area (TPSA) is 63.4 Å². The zero-order valence-electron chi connectivity index (χ0n) is 9.89. The Morgan fingerprint density at radius 1 is 1.39 bits per heavy atom. The molecule has 1 saturated heterocycles. The molecule has 0 saturated carbocycles. The molecule has 0 spiro atoms. The number of anilines is 1. The predicted octanol–water partition coefficient (Wildman–Crippen LogP) is 1.76. The third-order valence-electron chi connectivity index (χ3n) is 2.93. The van der Waals surface area contributed by atoms with Crippen molar-refractivity contribution >= 4 is 38.3 Å². The molecule has 0 radical (unpaired) electrons. The Hall–Kier alpha value is -0.880. The Bertz CT molecular complexity index is 487. The van der Waals surface area contributed by atoms with Crippen molar-refractivity contribution in [2.24, 2.45) is 0 Å². The van der Waals surface area contributed by atoms with Gasteiger partial charge in [0.25, 0.3) is 0 Å². The van der Waals surface area contributed by atoms with Gasteiger partial charge in [-0.3, -0.25) is 9.00 Å². The van der Waals surface area contributed by atoms with E-state index in [1.807, 2.05) is 0 Å². The maximum atomic E-state index is 12.1. The molecule has 2 rings (SSSR count). The molecule has 1 unspecified atom stereocenters. The summed E-state index contributed by atoms with van der Waals surface area (Å²) in [6.45, 7) is 1.56. The number of hydrogen-bond acceptors (Lipinski definition) is 3. The van der Waals surface area contributed by atoms with Gasteiger partial charge in [-0.15, -0.1) is 0 Å². The highest BCUT2D eigenvalue weighted by atomic mass is 79.9. The van der Waals surface area contributed by atoms with Gasteiger partial charge < -0.3 is 10.6 Å². The van der Waals surface area contributed by atoms with Crippen LogP contribution in [0, 0.1) is 0 Å². The van der Waals surface area contributed by atoms with Crippen molar-refractivity contribution in [1.82, 2.24) is 4.90 Å². The average molecular weight is 331 g/mol. The van der Waals surface area contributed by atoms with Crippen molar-refractivity contribution in [1.29, 1.82) is 0 Å². The third-order valence-corrected chi connectivity index (χ3v) is 4.78. The van der Waals surface area contributed by atoms with Gasteiger partial charge in [0.05, 0.1) is 15.7 Å². The lowest BCUT2D eigenvalue weighted by Gasteiger charge is -2.15. The molecule has 1 fully saturated rings. The molecule has 1 aromatic carbocycles. The van der Waals surface area contributed by atoms with E-state index < -0.39 is 10.8 Å². The molecule has 1 heterocycles. The molecular weight excluding hydrogens is 316 g/mol. The van der Waals surface area contributed by atoms with Crippen LogP contribution in [0.4, 0.5) is 5.69 Å². The molecule has 1 aromatic rings. The molecule has 98 valence electrons. The average Bonchev–Trinajstić information content (AvgIpc) is 2.85. The first-order valence-corrected chi connectivity index (χ1v) is 7.90. The molecule has 1 aliphatic rings. The van der Waals surface area contributed by atoms with E-state index in [0.29, 0.717) is 10.6 Å². The minimum absolute atomic E-state index is 0.0145. The van der Waals surface area contributed by atoms with Gasteiger partial charge in [-0.05, 0) is 31.0 Å². The number of likely N-dealkylation sites (tertiary alicyclic amines) is 1. The van der Waals surface area contributed by atoms with Crippen LogP contribution < -0.4 is 5.73 Å². The van der Waals surface area contributed by atoms with Crippen LogP contribution in [0.2, 0.25) is 0 Å². The molecular formula is C12H15BrN2O2S. The van der Waals surface area contributed by atoms with Crippen LogP contribution in [0.5, 0.6) is 0 Å². The number of nitrogens with zero attached hydrogens (tertiary/aromatic N) is 1. The van der Waals surface area contributed by atoms with Crippen molar-refractivity contribution in [2.45, 2.75) is 17.7 Å². The normalized spacial score (nSPS) is 16.8. The van der Waals surface area contributed by atoms with Crippen molar-refractivity contribution in [3.05, 3.63) is 22.7 Å². The van der Waals surface area contributed by atoms with Gasteiger partial charge in [-0.2, -0.15) is 0 Å². The highest BCUT2D eigenvalue weighted by Crippen LogP contribution is 2.22. The first-order valence-electron chi connectivity index (χ1n) is 5.79. The Balaban J connectivity index is 2.07. The van der Waals surface area contributed by atoms with E-state index in [1.54, 1.807) is 23.1 Å².